The topological polar surface area (TPSA) is 40.3 Å². The average molecular weight is 442 g/mol. The molecule has 1 fully saturated rings. The molecule has 0 saturated heterocycles. The molecule has 1 aliphatic rings. The van der Waals surface area contributed by atoms with Crippen molar-refractivity contribution in [1.29, 1.82) is 0 Å². The maximum Gasteiger partial charge on any atom is 0.173 e. The fraction of sp³-hybridized carbons (Fsp3) is 0.222. The number of aromatic nitrogens is 1. The van der Waals surface area contributed by atoms with Gasteiger partial charge in [-0.1, -0.05) is 49.2 Å². The Morgan fingerprint density at radius 2 is 1.59 bits per heavy atom. The minimum atomic E-state index is 0.476. The van der Waals surface area contributed by atoms with Gasteiger partial charge in [0.25, 0.3) is 0 Å². The van der Waals surface area contributed by atoms with Crippen molar-refractivity contribution in [2.24, 2.45) is 0 Å². The second-order valence-corrected chi connectivity index (χ2v) is 8.68. The first-order valence-corrected chi connectivity index (χ1v) is 11.6. The number of fused-ring (bicyclic) bond motifs is 1. The molecule has 0 radical (unpaired) electrons. The molecule has 1 heterocycles. The normalized spacial score (nSPS) is 13.9. The summed E-state index contributed by atoms with van der Waals surface area (Å²) in [6.45, 7) is 0.801. The number of H-pyrrole nitrogens is 1. The van der Waals surface area contributed by atoms with Gasteiger partial charge in [-0.25, -0.2) is 0 Å². The molecule has 2 N–H and O–H groups in total. The summed E-state index contributed by atoms with van der Waals surface area (Å²) in [6, 6.07) is 26.7. The van der Waals surface area contributed by atoms with E-state index in [2.05, 4.69) is 45.7 Å². The fourth-order valence-corrected chi connectivity index (χ4v) is 4.79. The molecule has 0 atom stereocenters. The van der Waals surface area contributed by atoms with Crippen LogP contribution in [0.4, 0.5) is 5.69 Å². The Hall–Kier alpha value is -3.31. The van der Waals surface area contributed by atoms with E-state index in [9.17, 15) is 0 Å². The molecular formula is C27H27N3OS. The van der Waals surface area contributed by atoms with Crippen LogP contribution in [-0.4, -0.2) is 21.0 Å². The van der Waals surface area contributed by atoms with Gasteiger partial charge >= 0.3 is 0 Å². The lowest BCUT2D eigenvalue weighted by atomic mass is 10.1. The van der Waals surface area contributed by atoms with Gasteiger partial charge in [0.05, 0.1) is 0 Å². The van der Waals surface area contributed by atoms with Gasteiger partial charge in [-0.15, -0.1) is 0 Å². The van der Waals surface area contributed by atoms with Crippen LogP contribution in [-0.2, 0) is 6.54 Å². The minimum absolute atomic E-state index is 0.476. The SMILES string of the molecule is S=C(Nc1ccc(Oc2ccccc2)cc1)N(Cc1c[nH]c2ccccc12)C1CCCC1. The van der Waals surface area contributed by atoms with E-state index < -0.39 is 0 Å². The van der Waals surface area contributed by atoms with Crippen LogP contribution in [0, 0.1) is 0 Å². The van der Waals surface area contributed by atoms with Crippen molar-refractivity contribution in [3.8, 4) is 11.5 Å². The van der Waals surface area contributed by atoms with E-state index in [1.54, 1.807) is 0 Å². The number of hydrogen-bond acceptors (Lipinski definition) is 2. The van der Waals surface area contributed by atoms with Gasteiger partial charge in [-0.2, -0.15) is 0 Å². The second kappa shape index (κ2) is 9.45. The first-order valence-electron chi connectivity index (χ1n) is 11.2. The summed E-state index contributed by atoms with van der Waals surface area (Å²) in [4.78, 5) is 5.76. The number of anilines is 1. The molecule has 32 heavy (non-hydrogen) atoms. The molecule has 0 amide bonds. The molecule has 4 aromatic rings. The third-order valence-electron chi connectivity index (χ3n) is 6.13. The second-order valence-electron chi connectivity index (χ2n) is 8.30. The quantitative estimate of drug-likeness (QED) is 0.313. The minimum Gasteiger partial charge on any atom is -0.457 e. The van der Waals surface area contributed by atoms with Gasteiger partial charge in [0.1, 0.15) is 11.5 Å². The van der Waals surface area contributed by atoms with E-state index in [1.807, 2.05) is 54.6 Å². The monoisotopic (exact) mass is 441 g/mol. The first-order chi connectivity index (χ1) is 15.8. The third-order valence-corrected chi connectivity index (χ3v) is 6.46. The molecule has 1 saturated carbocycles. The lowest BCUT2D eigenvalue weighted by Crippen LogP contribution is -2.40. The average Bonchev–Trinajstić information content (AvgIpc) is 3.50. The molecule has 0 spiro atoms. The van der Waals surface area contributed by atoms with Gasteiger partial charge in [-0.3, -0.25) is 0 Å². The smallest absolute Gasteiger partial charge is 0.173 e. The Morgan fingerprint density at radius 1 is 0.906 bits per heavy atom. The molecule has 1 aliphatic carbocycles. The van der Waals surface area contributed by atoms with Crippen molar-refractivity contribution in [1.82, 2.24) is 9.88 Å². The molecule has 0 aliphatic heterocycles. The Labute approximate surface area is 194 Å². The van der Waals surface area contributed by atoms with E-state index in [-0.39, 0.29) is 0 Å². The maximum absolute atomic E-state index is 5.90. The molecule has 5 heteroatoms. The van der Waals surface area contributed by atoms with E-state index in [0.29, 0.717) is 6.04 Å². The molecule has 4 nitrogen and oxygen atoms in total. The number of hydrogen-bond donors (Lipinski definition) is 2. The highest BCUT2D eigenvalue weighted by Crippen LogP contribution is 2.29. The highest BCUT2D eigenvalue weighted by molar-refractivity contribution is 7.80. The van der Waals surface area contributed by atoms with Crippen LogP contribution in [0.1, 0.15) is 31.2 Å². The van der Waals surface area contributed by atoms with Gasteiger partial charge in [0.2, 0.25) is 0 Å². The van der Waals surface area contributed by atoms with Gasteiger partial charge in [0, 0.05) is 35.4 Å². The van der Waals surface area contributed by atoms with Gasteiger partial charge in [0.15, 0.2) is 5.11 Å². The number of para-hydroxylation sites is 2. The summed E-state index contributed by atoms with van der Waals surface area (Å²) in [5.74, 6) is 1.63. The lowest BCUT2D eigenvalue weighted by Gasteiger charge is -2.31. The van der Waals surface area contributed by atoms with Crippen molar-refractivity contribution >= 4 is 33.9 Å². The van der Waals surface area contributed by atoms with E-state index >= 15 is 0 Å². The van der Waals surface area contributed by atoms with Gasteiger partial charge < -0.3 is 19.9 Å². The number of thiocarbonyl (C=S) groups is 1. The summed E-state index contributed by atoms with van der Waals surface area (Å²) in [6.07, 6.45) is 7.03. The Kier molecular flexibility index (Phi) is 6.08. The van der Waals surface area contributed by atoms with E-state index in [4.69, 9.17) is 17.0 Å². The van der Waals surface area contributed by atoms with Crippen molar-refractivity contribution in [2.45, 2.75) is 38.3 Å². The number of aromatic amines is 1. The molecule has 0 unspecified atom stereocenters. The van der Waals surface area contributed by atoms with Crippen molar-refractivity contribution < 1.29 is 4.74 Å². The lowest BCUT2D eigenvalue weighted by molar-refractivity contribution is 0.313. The predicted octanol–water partition coefficient (Wildman–Crippen LogP) is 7.10. The van der Waals surface area contributed by atoms with Crippen LogP contribution in [0.15, 0.2) is 85.1 Å². The maximum atomic E-state index is 5.90. The zero-order valence-electron chi connectivity index (χ0n) is 18.0. The standard InChI is InChI=1S/C27H27N3OS/c32-27(29-21-14-16-24(17-15-21)31-23-10-2-1-3-11-23)30(22-8-4-5-9-22)19-20-18-28-26-13-7-6-12-25(20)26/h1-3,6-7,10-18,22,28H,4-5,8-9,19H2,(H,29,32). The summed E-state index contributed by atoms with van der Waals surface area (Å²) in [5.41, 5.74) is 3.42. The van der Waals surface area contributed by atoms with Crippen molar-refractivity contribution in [3.05, 3.63) is 90.6 Å². The number of rotatable bonds is 6. The van der Waals surface area contributed by atoms with Crippen LogP contribution in [0.25, 0.3) is 10.9 Å². The van der Waals surface area contributed by atoms with Crippen LogP contribution in [0.2, 0.25) is 0 Å². The summed E-state index contributed by atoms with van der Waals surface area (Å²) in [5, 5.41) is 5.50. The number of nitrogens with one attached hydrogen (secondary N) is 2. The van der Waals surface area contributed by atoms with Crippen molar-refractivity contribution in [3.63, 3.8) is 0 Å². The zero-order chi connectivity index (χ0) is 21.8. The van der Waals surface area contributed by atoms with E-state index in [1.165, 1.54) is 42.1 Å². The molecule has 1 aromatic heterocycles. The number of nitrogens with zero attached hydrogens (tertiary/aromatic N) is 1. The molecule has 5 rings (SSSR count). The van der Waals surface area contributed by atoms with E-state index in [0.717, 1.165) is 28.8 Å². The molecule has 0 bridgehead atoms. The number of benzene rings is 3. The summed E-state index contributed by atoms with van der Waals surface area (Å²) in [7, 11) is 0. The van der Waals surface area contributed by atoms with Crippen LogP contribution in [0.5, 0.6) is 11.5 Å². The molecular weight excluding hydrogens is 414 g/mol. The fourth-order valence-electron chi connectivity index (χ4n) is 4.45. The Bertz CT molecular complexity index is 1180. The predicted molar refractivity (Wildman–Crippen MR) is 135 cm³/mol. The van der Waals surface area contributed by atoms with Crippen LogP contribution < -0.4 is 10.1 Å². The number of ether oxygens (including phenoxy) is 1. The molecule has 162 valence electrons. The first kappa shape index (κ1) is 20.6. The summed E-state index contributed by atoms with van der Waals surface area (Å²) < 4.78 is 5.90. The summed E-state index contributed by atoms with van der Waals surface area (Å²) >= 11 is 5.90. The Morgan fingerprint density at radius 3 is 2.38 bits per heavy atom. The zero-order valence-corrected chi connectivity index (χ0v) is 18.8. The van der Waals surface area contributed by atoms with Crippen molar-refractivity contribution in [2.75, 3.05) is 5.32 Å². The highest BCUT2D eigenvalue weighted by atomic mass is 32.1. The highest BCUT2D eigenvalue weighted by Gasteiger charge is 2.25. The largest absolute Gasteiger partial charge is 0.457 e. The van der Waals surface area contributed by atoms with Gasteiger partial charge in [-0.05, 0) is 73.1 Å². The third kappa shape index (κ3) is 4.63. The van der Waals surface area contributed by atoms with Crippen LogP contribution in [0.3, 0.4) is 0 Å². The van der Waals surface area contributed by atoms with Crippen LogP contribution >= 0.6 is 12.2 Å². The molecule has 3 aromatic carbocycles. The Balaban J connectivity index is 1.30.